The largest absolute Gasteiger partial charge is 0.394 e. The van der Waals surface area contributed by atoms with Gasteiger partial charge in [-0.2, -0.15) is 0 Å². The number of aliphatic hydroxyl groups excluding tert-OH is 1. The zero-order valence-electron chi connectivity index (χ0n) is 12.1. The van der Waals surface area contributed by atoms with Crippen LogP contribution in [0.5, 0.6) is 0 Å². The minimum absolute atomic E-state index is 0.000648. The van der Waals surface area contributed by atoms with Gasteiger partial charge in [-0.05, 0) is 18.6 Å². The molecule has 0 aliphatic carbocycles. The van der Waals surface area contributed by atoms with Gasteiger partial charge in [-0.1, -0.05) is 25.1 Å². The van der Waals surface area contributed by atoms with Crippen LogP contribution in [-0.4, -0.2) is 42.3 Å². The molecule has 0 saturated carbocycles. The highest BCUT2D eigenvalue weighted by molar-refractivity contribution is 5.96. The molecule has 1 aliphatic heterocycles. The molecule has 2 unspecified atom stereocenters. The number of nitrogens with zero attached hydrogens (tertiary/aromatic N) is 1. The number of amides is 3. The van der Waals surface area contributed by atoms with E-state index in [4.69, 9.17) is 5.11 Å². The molecule has 114 valence electrons. The van der Waals surface area contributed by atoms with E-state index in [1.165, 1.54) is 0 Å². The van der Waals surface area contributed by atoms with Crippen molar-refractivity contribution in [1.82, 2.24) is 10.6 Å². The SMILES string of the molecule is CCC(CO)NC(=O)NC1CC(=O)N(c2ccccc2)C1. The summed E-state index contributed by atoms with van der Waals surface area (Å²) in [5.41, 5.74) is 0.842. The maximum atomic E-state index is 12.0. The van der Waals surface area contributed by atoms with E-state index in [9.17, 15) is 9.59 Å². The number of carbonyl (C=O) groups is 2. The lowest BCUT2D eigenvalue weighted by molar-refractivity contribution is -0.117. The number of urea groups is 1. The molecular weight excluding hydrogens is 270 g/mol. The summed E-state index contributed by atoms with van der Waals surface area (Å²) in [6, 6.07) is 8.59. The summed E-state index contributed by atoms with van der Waals surface area (Å²) < 4.78 is 0. The fraction of sp³-hybridized carbons (Fsp3) is 0.467. The summed E-state index contributed by atoms with van der Waals surface area (Å²) in [7, 11) is 0. The molecule has 3 N–H and O–H groups in total. The van der Waals surface area contributed by atoms with E-state index in [0.717, 1.165) is 5.69 Å². The fourth-order valence-corrected chi connectivity index (χ4v) is 2.35. The van der Waals surface area contributed by atoms with Crippen LogP contribution in [0.4, 0.5) is 10.5 Å². The molecule has 2 rings (SSSR count). The number of hydrogen-bond acceptors (Lipinski definition) is 3. The first-order valence-corrected chi connectivity index (χ1v) is 7.17. The summed E-state index contributed by atoms with van der Waals surface area (Å²) in [6.45, 7) is 2.26. The van der Waals surface area contributed by atoms with Gasteiger partial charge in [0, 0.05) is 18.7 Å². The van der Waals surface area contributed by atoms with Gasteiger partial charge in [0.05, 0.1) is 18.7 Å². The summed E-state index contributed by atoms with van der Waals surface area (Å²) >= 11 is 0. The van der Waals surface area contributed by atoms with Crippen LogP contribution < -0.4 is 15.5 Å². The van der Waals surface area contributed by atoms with Crippen molar-refractivity contribution < 1.29 is 14.7 Å². The van der Waals surface area contributed by atoms with Crippen molar-refractivity contribution in [3.8, 4) is 0 Å². The Kier molecular flexibility index (Phi) is 5.16. The second-order valence-corrected chi connectivity index (χ2v) is 5.15. The lowest BCUT2D eigenvalue weighted by Gasteiger charge is -2.19. The average molecular weight is 291 g/mol. The van der Waals surface area contributed by atoms with Crippen molar-refractivity contribution in [3.05, 3.63) is 30.3 Å². The first-order chi connectivity index (χ1) is 10.1. The molecular formula is C15H21N3O3. The molecule has 0 aromatic heterocycles. The van der Waals surface area contributed by atoms with Crippen molar-refractivity contribution in [1.29, 1.82) is 0 Å². The van der Waals surface area contributed by atoms with Gasteiger partial charge in [-0.25, -0.2) is 4.79 Å². The first-order valence-electron chi connectivity index (χ1n) is 7.17. The summed E-state index contributed by atoms with van der Waals surface area (Å²) in [5, 5.41) is 14.5. The van der Waals surface area contributed by atoms with Gasteiger partial charge in [0.2, 0.25) is 5.91 Å². The minimum Gasteiger partial charge on any atom is -0.394 e. The third-order valence-electron chi connectivity index (χ3n) is 3.58. The van der Waals surface area contributed by atoms with Gasteiger partial charge in [0.15, 0.2) is 0 Å². The Balaban J connectivity index is 1.90. The third kappa shape index (κ3) is 3.95. The number of rotatable bonds is 5. The van der Waals surface area contributed by atoms with Gasteiger partial charge >= 0.3 is 6.03 Å². The molecule has 3 amide bonds. The second kappa shape index (κ2) is 7.08. The molecule has 1 aliphatic rings. The van der Waals surface area contributed by atoms with Crippen LogP contribution in [0.15, 0.2) is 30.3 Å². The number of para-hydroxylation sites is 1. The summed E-state index contributed by atoms with van der Waals surface area (Å²) in [6.07, 6.45) is 0.946. The molecule has 0 spiro atoms. The van der Waals surface area contributed by atoms with E-state index >= 15 is 0 Å². The molecule has 2 atom stereocenters. The third-order valence-corrected chi connectivity index (χ3v) is 3.58. The van der Waals surface area contributed by atoms with E-state index < -0.39 is 0 Å². The Labute approximate surface area is 124 Å². The zero-order chi connectivity index (χ0) is 15.2. The van der Waals surface area contributed by atoms with Gasteiger partial charge in [0.1, 0.15) is 0 Å². The van der Waals surface area contributed by atoms with E-state index in [1.54, 1.807) is 4.90 Å². The van der Waals surface area contributed by atoms with Gasteiger partial charge in [-0.3, -0.25) is 4.79 Å². The van der Waals surface area contributed by atoms with Crippen LogP contribution in [0.2, 0.25) is 0 Å². The van der Waals surface area contributed by atoms with E-state index in [-0.39, 0.29) is 37.0 Å². The molecule has 0 bridgehead atoms. The van der Waals surface area contributed by atoms with Crippen molar-refractivity contribution in [3.63, 3.8) is 0 Å². The Bertz CT molecular complexity index is 488. The highest BCUT2D eigenvalue weighted by Gasteiger charge is 2.31. The highest BCUT2D eigenvalue weighted by atomic mass is 16.3. The lowest BCUT2D eigenvalue weighted by Crippen LogP contribution is -2.48. The number of nitrogens with one attached hydrogen (secondary N) is 2. The molecule has 1 fully saturated rings. The average Bonchev–Trinajstić information content (AvgIpc) is 2.86. The summed E-state index contributed by atoms with van der Waals surface area (Å²) in [4.78, 5) is 25.5. The van der Waals surface area contributed by atoms with E-state index in [1.807, 2.05) is 37.3 Å². The maximum Gasteiger partial charge on any atom is 0.315 e. The second-order valence-electron chi connectivity index (χ2n) is 5.15. The highest BCUT2D eigenvalue weighted by Crippen LogP contribution is 2.20. The zero-order valence-corrected chi connectivity index (χ0v) is 12.1. The van der Waals surface area contributed by atoms with Crippen molar-refractivity contribution >= 4 is 17.6 Å². The molecule has 0 radical (unpaired) electrons. The minimum atomic E-state index is -0.344. The fourth-order valence-electron chi connectivity index (χ4n) is 2.35. The lowest BCUT2D eigenvalue weighted by atomic mass is 10.2. The smallest absolute Gasteiger partial charge is 0.315 e. The van der Waals surface area contributed by atoms with Crippen LogP contribution in [0, 0.1) is 0 Å². The van der Waals surface area contributed by atoms with Crippen LogP contribution in [0.25, 0.3) is 0 Å². The monoisotopic (exact) mass is 291 g/mol. The normalized spacial score (nSPS) is 19.4. The molecule has 6 nitrogen and oxygen atoms in total. The van der Waals surface area contributed by atoms with Crippen LogP contribution in [-0.2, 0) is 4.79 Å². The Hall–Kier alpha value is -2.08. The molecule has 6 heteroatoms. The predicted octanol–water partition coefficient (Wildman–Crippen LogP) is 0.862. The molecule has 1 saturated heterocycles. The molecule has 1 heterocycles. The Morgan fingerprint density at radius 1 is 1.43 bits per heavy atom. The summed E-state index contributed by atoms with van der Waals surface area (Å²) in [5.74, 6) is 0.000648. The topological polar surface area (TPSA) is 81.7 Å². The molecule has 21 heavy (non-hydrogen) atoms. The molecule has 1 aromatic rings. The molecule has 1 aromatic carbocycles. The number of benzene rings is 1. The van der Waals surface area contributed by atoms with Gasteiger partial charge in [-0.15, -0.1) is 0 Å². The number of hydrogen-bond donors (Lipinski definition) is 3. The van der Waals surface area contributed by atoms with Gasteiger partial charge < -0.3 is 20.6 Å². The van der Waals surface area contributed by atoms with Crippen LogP contribution >= 0.6 is 0 Å². The van der Waals surface area contributed by atoms with E-state index in [0.29, 0.717) is 13.0 Å². The number of carbonyl (C=O) groups excluding carboxylic acids is 2. The van der Waals surface area contributed by atoms with Crippen molar-refractivity contribution in [2.45, 2.75) is 31.8 Å². The standard InChI is InChI=1S/C15H21N3O3/c1-2-11(10-19)16-15(21)17-12-8-14(20)18(9-12)13-6-4-3-5-7-13/h3-7,11-12,19H,2,8-10H2,1H3,(H2,16,17,21). The van der Waals surface area contributed by atoms with Crippen molar-refractivity contribution in [2.75, 3.05) is 18.1 Å². The Morgan fingerprint density at radius 3 is 2.76 bits per heavy atom. The van der Waals surface area contributed by atoms with Crippen LogP contribution in [0.3, 0.4) is 0 Å². The quantitative estimate of drug-likeness (QED) is 0.752. The van der Waals surface area contributed by atoms with Gasteiger partial charge in [0.25, 0.3) is 0 Å². The maximum absolute atomic E-state index is 12.0. The first kappa shape index (κ1) is 15.3. The van der Waals surface area contributed by atoms with E-state index in [2.05, 4.69) is 10.6 Å². The van der Waals surface area contributed by atoms with Crippen molar-refractivity contribution in [2.24, 2.45) is 0 Å². The number of anilines is 1. The number of aliphatic hydroxyl groups is 1. The predicted molar refractivity (Wildman–Crippen MR) is 80.0 cm³/mol. The van der Waals surface area contributed by atoms with Crippen LogP contribution in [0.1, 0.15) is 19.8 Å². The Morgan fingerprint density at radius 2 is 2.14 bits per heavy atom.